The number of aliphatic imine (C=N–C) groups is 1. The number of nitrogens with zero attached hydrogens (tertiary/aromatic N) is 3. The number of carbonyl (C=O) groups is 1. The van der Waals surface area contributed by atoms with Gasteiger partial charge in [0.1, 0.15) is 6.54 Å². The van der Waals surface area contributed by atoms with E-state index in [4.69, 9.17) is 9.47 Å². The van der Waals surface area contributed by atoms with Gasteiger partial charge in [-0.25, -0.2) is 4.99 Å². The SMILES string of the molecule is COCCC(C)(C)CNC(=NCC(=O)N(C)C)NCCCN1CCOCC1. The Balaban J connectivity index is 2.46. The van der Waals surface area contributed by atoms with Crippen molar-refractivity contribution in [2.75, 3.05) is 80.3 Å². The third kappa shape index (κ3) is 11.1. The Hall–Kier alpha value is -1.38. The normalized spacial score (nSPS) is 16.3. The number of hydrogen-bond acceptors (Lipinski definition) is 5. The first-order chi connectivity index (χ1) is 12.8. The van der Waals surface area contributed by atoms with Crippen molar-refractivity contribution in [3.63, 3.8) is 0 Å². The number of methoxy groups -OCH3 is 1. The van der Waals surface area contributed by atoms with Gasteiger partial charge in [0, 0.05) is 54.0 Å². The lowest BCUT2D eigenvalue weighted by atomic mass is 9.90. The Morgan fingerprint density at radius 1 is 1.26 bits per heavy atom. The fraction of sp³-hybridized carbons (Fsp3) is 0.895. The van der Waals surface area contributed by atoms with Gasteiger partial charge in [0.05, 0.1) is 13.2 Å². The van der Waals surface area contributed by atoms with Crippen LogP contribution in [0, 0.1) is 5.41 Å². The molecule has 1 aliphatic rings. The van der Waals surface area contributed by atoms with E-state index in [-0.39, 0.29) is 17.9 Å². The molecule has 1 aliphatic heterocycles. The molecule has 1 saturated heterocycles. The Morgan fingerprint density at radius 2 is 1.96 bits per heavy atom. The Labute approximate surface area is 164 Å². The molecule has 1 heterocycles. The van der Waals surface area contributed by atoms with Gasteiger partial charge in [-0.15, -0.1) is 0 Å². The van der Waals surface area contributed by atoms with E-state index in [1.807, 2.05) is 0 Å². The summed E-state index contributed by atoms with van der Waals surface area (Å²) in [5.41, 5.74) is 0.0812. The molecular weight excluding hydrogens is 346 g/mol. The predicted octanol–water partition coefficient (Wildman–Crippen LogP) is 0.395. The molecule has 2 N–H and O–H groups in total. The van der Waals surface area contributed by atoms with Crippen LogP contribution in [0.4, 0.5) is 0 Å². The van der Waals surface area contributed by atoms with Crippen molar-refractivity contribution >= 4 is 11.9 Å². The summed E-state index contributed by atoms with van der Waals surface area (Å²) in [7, 11) is 5.21. The van der Waals surface area contributed by atoms with Crippen LogP contribution in [-0.4, -0.2) is 102 Å². The summed E-state index contributed by atoms with van der Waals surface area (Å²) in [5.74, 6) is 0.681. The van der Waals surface area contributed by atoms with Crippen LogP contribution in [0.2, 0.25) is 0 Å². The van der Waals surface area contributed by atoms with Crippen molar-refractivity contribution in [3.8, 4) is 0 Å². The van der Waals surface area contributed by atoms with Gasteiger partial charge in [-0.05, 0) is 24.8 Å². The number of likely N-dealkylation sites (N-methyl/N-ethyl adjacent to an activating group) is 1. The van der Waals surface area contributed by atoms with E-state index >= 15 is 0 Å². The van der Waals surface area contributed by atoms with Crippen LogP contribution in [0.25, 0.3) is 0 Å². The van der Waals surface area contributed by atoms with Crippen LogP contribution in [0.1, 0.15) is 26.7 Å². The maximum Gasteiger partial charge on any atom is 0.243 e. The highest BCUT2D eigenvalue weighted by Gasteiger charge is 2.18. The summed E-state index contributed by atoms with van der Waals surface area (Å²) < 4.78 is 10.6. The molecule has 8 heteroatoms. The van der Waals surface area contributed by atoms with Gasteiger partial charge in [-0.1, -0.05) is 13.8 Å². The molecule has 8 nitrogen and oxygen atoms in total. The number of guanidine groups is 1. The molecule has 0 saturated carbocycles. The number of rotatable bonds is 11. The highest BCUT2D eigenvalue weighted by atomic mass is 16.5. The van der Waals surface area contributed by atoms with E-state index in [9.17, 15) is 4.79 Å². The van der Waals surface area contributed by atoms with Gasteiger partial charge in [0.25, 0.3) is 0 Å². The summed E-state index contributed by atoms with van der Waals surface area (Å²) in [6, 6.07) is 0. The largest absolute Gasteiger partial charge is 0.385 e. The van der Waals surface area contributed by atoms with Gasteiger partial charge in [0.15, 0.2) is 5.96 Å². The molecule has 27 heavy (non-hydrogen) atoms. The second-order valence-corrected chi connectivity index (χ2v) is 7.95. The number of carbonyl (C=O) groups excluding carboxylic acids is 1. The molecule has 0 radical (unpaired) electrons. The molecule has 0 bridgehead atoms. The minimum atomic E-state index is -0.0111. The maximum absolute atomic E-state index is 11.9. The first-order valence-corrected chi connectivity index (χ1v) is 9.85. The zero-order valence-corrected chi connectivity index (χ0v) is 17.8. The minimum absolute atomic E-state index is 0.0111. The third-order valence-corrected chi connectivity index (χ3v) is 4.64. The zero-order valence-electron chi connectivity index (χ0n) is 17.8. The van der Waals surface area contributed by atoms with E-state index in [1.165, 1.54) is 0 Å². The van der Waals surface area contributed by atoms with Crippen LogP contribution in [0.15, 0.2) is 4.99 Å². The summed E-state index contributed by atoms with van der Waals surface area (Å²) in [4.78, 5) is 20.3. The lowest BCUT2D eigenvalue weighted by Crippen LogP contribution is -2.44. The van der Waals surface area contributed by atoms with Crippen LogP contribution < -0.4 is 10.6 Å². The number of amides is 1. The Morgan fingerprint density at radius 3 is 2.59 bits per heavy atom. The highest BCUT2D eigenvalue weighted by Crippen LogP contribution is 2.18. The summed E-state index contributed by atoms with van der Waals surface area (Å²) in [6.07, 6.45) is 1.98. The number of morpholine rings is 1. The molecule has 1 amide bonds. The topological polar surface area (TPSA) is 78.4 Å². The summed E-state index contributed by atoms with van der Waals surface area (Å²) >= 11 is 0. The minimum Gasteiger partial charge on any atom is -0.385 e. The molecular formula is C19H39N5O3. The zero-order chi connectivity index (χ0) is 20.1. The second kappa shape index (κ2) is 12.9. The van der Waals surface area contributed by atoms with Crippen molar-refractivity contribution in [1.29, 1.82) is 0 Å². The van der Waals surface area contributed by atoms with Crippen LogP contribution in [-0.2, 0) is 14.3 Å². The molecule has 0 aromatic heterocycles. The molecule has 0 aromatic rings. The molecule has 0 unspecified atom stereocenters. The number of hydrogen-bond donors (Lipinski definition) is 2. The molecule has 0 spiro atoms. The van der Waals surface area contributed by atoms with E-state index in [0.29, 0.717) is 5.96 Å². The van der Waals surface area contributed by atoms with Crippen molar-refractivity contribution < 1.29 is 14.3 Å². The fourth-order valence-corrected chi connectivity index (χ4v) is 2.59. The van der Waals surface area contributed by atoms with E-state index in [0.717, 1.165) is 65.4 Å². The van der Waals surface area contributed by atoms with E-state index in [1.54, 1.807) is 26.1 Å². The third-order valence-electron chi connectivity index (χ3n) is 4.64. The lowest BCUT2D eigenvalue weighted by Gasteiger charge is -2.27. The number of ether oxygens (including phenoxy) is 2. The van der Waals surface area contributed by atoms with Crippen molar-refractivity contribution in [3.05, 3.63) is 0 Å². The van der Waals surface area contributed by atoms with E-state index in [2.05, 4.69) is 34.4 Å². The molecule has 1 rings (SSSR count). The standard InChI is InChI=1S/C19H39N5O3/c1-19(2,7-12-26-5)16-22-18(21-15-17(25)23(3)4)20-8-6-9-24-10-13-27-14-11-24/h6-16H2,1-5H3,(H2,20,21,22). The molecule has 0 atom stereocenters. The maximum atomic E-state index is 11.9. The predicted molar refractivity (Wildman–Crippen MR) is 109 cm³/mol. The lowest BCUT2D eigenvalue weighted by molar-refractivity contribution is -0.127. The number of nitrogens with one attached hydrogen (secondary N) is 2. The summed E-state index contributed by atoms with van der Waals surface area (Å²) in [6.45, 7) is 11.5. The van der Waals surface area contributed by atoms with Crippen molar-refractivity contribution in [2.24, 2.45) is 10.4 Å². The fourth-order valence-electron chi connectivity index (χ4n) is 2.59. The van der Waals surface area contributed by atoms with Gasteiger partial charge >= 0.3 is 0 Å². The monoisotopic (exact) mass is 385 g/mol. The Bertz CT molecular complexity index is 449. The van der Waals surface area contributed by atoms with Gasteiger partial charge < -0.3 is 25.0 Å². The molecule has 158 valence electrons. The first-order valence-electron chi connectivity index (χ1n) is 9.85. The average Bonchev–Trinajstić information content (AvgIpc) is 2.65. The van der Waals surface area contributed by atoms with Crippen LogP contribution >= 0.6 is 0 Å². The van der Waals surface area contributed by atoms with Gasteiger partial charge in [-0.3, -0.25) is 9.69 Å². The van der Waals surface area contributed by atoms with Gasteiger partial charge in [-0.2, -0.15) is 0 Å². The van der Waals surface area contributed by atoms with Gasteiger partial charge in [0.2, 0.25) is 5.91 Å². The van der Waals surface area contributed by atoms with Crippen molar-refractivity contribution in [2.45, 2.75) is 26.7 Å². The quantitative estimate of drug-likeness (QED) is 0.304. The molecule has 1 fully saturated rings. The first kappa shape index (κ1) is 23.7. The van der Waals surface area contributed by atoms with Crippen LogP contribution in [0.3, 0.4) is 0 Å². The summed E-state index contributed by atoms with van der Waals surface area (Å²) in [5, 5.41) is 6.74. The Kier molecular flexibility index (Phi) is 11.3. The molecule has 0 aromatic carbocycles. The van der Waals surface area contributed by atoms with Crippen molar-refractivity contribution in [1.82, 2.24) is 20.4 Å². The molecule has 0 aliphatic carbocycles. The van der Waals surface area contributed by atoms with E-state index < -0.39 is 0 Å². The average molecular weight is 386 g/mol. The highest BCUT2D eigenvalue weighted by molar-refractivity contribution is 5.84. The smallest absolute Gasteiger partial charge is 0.243 e. The second-order valence-electron chi connectivity index (χ2n) is 7.95. The van der Waals surface area contributed by atoms with Crippen LogP contribution in [0.5, 0.6) is 0 Å².